The Kier molecular flexibility index (Phi) is 27.6. The molecule has 0 spiro atoms. The van der Waals surface area contributed by atoms with Gasteiger partial charge in [-0.05, 0) is 32.9 Å². The minimum Gasteiger partial charge on any atom is -0.306 e. The fraction of sp³-hybridized carbons (Fsp3) is 1.00. The molecule has 30 heavy (non-hydrogen) atoms. The molecule has 0 rings (SSSR count). The van der Waals surface area contributed by atoms with Crippen LogP contribution >= 0.6 is 12.4 Å². The fourth-order valence-electron chi connectivity index (χ4n) is 4.95. The minimum absolute atomic E-state index is 0. The number of unbranched alkanes of at least 4 members (excludes halogenated alkanes) is 16. The van der Waals surface area contributed by atoms with E-state index in [-0.39, 0.29) is 12.4 Å². The highest BCUT2D eigenvalue weighted by atomic mass is 35.5. The Balaban J connectivity index is 0. The maximum atomic E-state index is 2.51. The van der Waals surface area contributed by atoms with Crippen molar-refractivity contribution in [2.75, 3.05) is 14.1 Å². The van der Waals surface area contributed by atoms with Crippen molar-refractivity contribution in [3.05, 3.63) is 0 Å². The predicted octanol–water partition coefficient (Wildman–Crippen LogP) is 10.2. The molecule has 2 atom stereocenters. The summed E-state index contributed by atoms with van der Waals surface area (Å²) in [6, 6.07) is 0.804. The lowest BCUT2D eigenvalue weighted by atomic mass is 9.87. The van der Waals surface area contributed by atoms with Crippen LogP contribution in [0.2, 0.25) is 0 Å². The van der Waals surface area contributed by atoms with Gasteiger partial charge in [-0.25, -0.2) is 0 Å². The highest BCUT2D eigenvalue weighted by Crippen LogP contribution is 2.24. The van der Waals surface area contributed by atoms with E-state index < -0.39 is 0 Å². The molecule has 0 aliphatic carbocycles. The van der Waals surface area contributed by atoms with Crippen LogP contribution in [0.3, 0.4) is 0 Å². The van der Waals surface area contributed by atoms with E-state index in [1.165, 1.54) is 135 Å². The van der Waals surface area contributed by atoms with Gasteiger partial charge in [0.25, 0.3) is 0 Å². The first kappa shape index (κ1) is 32.4. The van der Waals surface area contributed by atoms with Gasteiger partial charge in [0.2, 0.25) is 0 Å². The van der Waals surface area contributed by atoms with Crippen LogP contribution in [0.25, 0.3) is 0 Å². The Morgan fingerprint density at radius 1 is 0.467 bits per heavy atom. The molecule has 0 aromatic rings. The fourth-order valence-corrected chi connectivity index (χ4v) is 4.95. The molecule has 0 radical (unpaired) electrons. The second-order valence-electron chi connectivity index (χ2n) is 9.93. The molecule has 1 nitrogen and oxygen atoms in total. The second-order valence-corrected chi connectivity index (χ2v) is 9.93. The molecular weight excluding hydrogens is 386 g/mol. The third kappa shape index (κ3) is 20.2. The van der Waals surface area contributed by atoms with Gasteiger partial charge in [-0.15, -0.1) is 12.4 Å². The van der Waals surface area contributed by atoms with Crippen LogP contribution in [0.15, 0.2) is 0 Å². The number of hydrogen-bond donors (Lipinski definition) is 0. The molecule has 184 valence electrons. The molecule has 0 aliphatic heterocycles. The third-order valence-corrected chi connectivity index (χ3v) is 7.01. The topological polar surface area (TPSA) is 3.24 Å². The van der Waals surface area contributed by atoms with Crippen molar-refractivity contribution >= 4 is 12.4 Å². The zero-order valence-electron chi connectivity index (χ0n) is 21.9. The average molecular weight is 446 g/mol. The maximum Gasteiger partial charge on any atom is 0.0117 e. The zero-order valence-corrected chi connectivity index (χ0v) is 22.7. The summed E-state index contributed by atoms with van der Waals surface area (Å²) >= 11 is 0. The summed E-state index contributed by atoms with van der Waals surface area (Å²) in [5, 5.41) is 0. The average Bonchev–Trinajstić information content (AvgIpc) is 2.71. The van der Waals surface area contributed by atoms with E-state index in [1.54, 1.807) is 0 Å². The van der Waals surface area contributed by atoms with Crippen LogP contribution in [0, 0.1) is 5.92 Å². The van der Waals surface area contributed by atoms with Crippen LogP contribution in [-0.2, 0) is 0 Å². The van der Waals surface area contributed by atoms with Crippen molar-refractivity contribution in [1.29, 1.82) is 0 Å². The van der Waals surface area contributed by atoms with Gasteiger partial charge in [-0.1, -0.05) is 143 Å². The quantitative estimate of drug-likeness (QED) is 0.141. The van der Waals surface area contributed by atoms with Crippen LogP contribution in [-0.4, -0.2) is 25.0 Å². The lowest BCUT2D eigenvalue weighted by Gasteiger charge is -2.32. The lowest BCUT2D eigenvalue weighted by molar-refractivity contribution is 0.177. The molecule has 0 aromatic heterocycles. The first-order valence-electron chi connectivity index (χ1n) is 13.8. The summed E-state index contributed by atoms with van der Waals surface area (Å²) in [6.45, 7) is 7.02. The maximum absolute atomic E-state index is 2.51. The van der Waals surface area contributed by atoms with E-state index >= 15 is 0 Å². The van der Waals surface area contributed by atoms with Gasteiger partial charge in [0.15, 0.2) is 0 Å². The first-order valence-corrected chi connectivity index (χ1v) is 13.8. The Morgan fingerprint density at radius 3 is 1.17 bits per heavy atom. The summed E-state index contributed by atoms with van der Waals surface area (Å²) in [6.07, 6.45) is 30.3. The molecule has 0 aromatic carbocycles. The zero-order chi connectivity index (χ0) is 21.6. The molecule has 2 heteroatoms. The molecule has 0 fully saturated rings. The summed E-state index contributed by atoms with van der Waals surface area (Å²) in [4.78, 5) is 2.51. The van der Waals surface area contributed by atoms with Gasteiger partial charge in [0, 0.05) is 6.04 Å². The van der Waals surface area contributed by atoms with Gasteiger partial charge < -0.3 is 4.90 Å². The minimum atomic E-state index is 0. The van der Waals surface area contributed by atoms with E-state index in [4.69, 9.17) is 0 Å². The smallest absolute Gasteiger partial charge is 0.0117 e. The van der Waals surface area contributed by atoms with E-state index in [9.17, 15) is 0 Å². The summed E-state index contributed by atoms with van der Waals surface area (Å²) in [5.41, 5.74) is 0. The molecule has 0 heterocycles. The molecule has 0 saturated heterocycles. The van der Waals surface area contributed by atoms with Crippen LogP contribution < -0.4 is 0 Å². The van der Waals surface area contributed by atoms with Crippen LogP contribution in [0.4, 0.5) is 0 Å². The molecule has 0 amide bonds. The molecule has 0 bridgehead atoms. The van der Waals surface area contributed by atoms with Crippen molar-refractivity contribution in [3.63, 3.8) is 0 Å². The van der Waals surface area contributed by atoms with E-state index in [1.807, 2.05) is 0 Å². The second kappa shape index (κ2) is 25.5. The van der Waals surface area contributed by atoms with E-state index in [2.05, 4.69) is 39.8 Å². The van der Waals surface area contributed by atoms with E-state index in [0.29, 0.717) is 0 Å². The highest BCUT2D eigenvalue weighted by molar-refractivity contribution is 5.85. The first-order chi connectivity index (χ1) is 14.2. The van der Waals surface area contributed by atoms with Gasteiger partial charge in [0.1, 0.15) is 0 Å². The molecule has 2 unspecified atom stereocenters. The predicted molar refractivity (Wildman–Crippen MR) is 142 cm³/mol. The summed E-state index contributed by atoms with van der Waals surface area (Å²) < 4.78 is 0. The third-order valence-electron chi connectivity index (χ3n) is 7.01. The van der Waals surface area contributed by atoms with Crippen molar-refractivity contribution in [1.82, 2.24) is 4.90 Å². The van der Waals surface area contributed by atoms with Crippen molar-refractivity contribution < 1.29 is 0 Å². The lowest BCUT2D eigenvalue weighted by Crippen LogP contribution is -2.35. The molecule has 0 saturated carbocycles. The van der Waals surface area contributed by atoms with Gasteiger partial charge in [0.05, 0.1) is 0 Å². The molecule has 0 N–H and O–H groups in total. The standard InChI is InChI=1S/C28H59N.ClH/c1-6-9-11-12-13-14-15-16-17-18-19-20-21-22-23-24-26-28(29(4)5)27(8-3)25-10-7-2;/h27-28H,6-26H2,1-5H3;1H. The van der Waals surface area contributed by atoms with E-state index in [0.717, 1.165) is 12.0 Å². The molecular formula is C28H60ClN. The van der Waals surface area contributed by atoms with Crippen LogP contribution in [0.5, 0.6) is 0 Å². The summed E-state index contributed by atoms with van der Waals surface area (Å²) in [7, 11) is 4.59. The van der Waals surface area contributed by atoms with Gasteiger partial charge in [-0.3, -0.25) is 0 Å². The monoisotopic (exact) mass is 445 g/mol. The van der Waals surface area contributed by atoms with Crippen molar-refractivity contribution in [2.24, 2.45) is 5.92 Å². The Bertz CT molecular complexity index is 305. The SMILES string of the molecule is CCCCCCCCCCCCCCCCCCC(C(CC)CCCC)N(C)C.Cl. The largest absolute Gasteiger partial charge is 0.306 e. The van der Waals surface area contributed by atoms with Gasteiger partial charge >= 0.3 is 0 Å². The number of rotatable bonds is 23. The Labute approximate surface area is 199 Å². The number of nitrogens with zero attached hydrogens (tertiary/aromatic N) is 1. The Morgan fingerprint density at radius 2 is 0.833 bits per heavy atom. The summed E-state index contributed by atoms with van der Waals surface area (Å²) in [5.74, 6) is 0.904. The molecule has 0 aliphatic rings. The van der Waals surface area contributed by atoms with Gasteiger partial charge in [-0.2, -0.15) is 0 Å². The van der Waals surface area contributed by atoms with Crippen molar-refractivity contribution in [3.8, 4) is 0 Å². The van der Waals surface area contributed by atoms with Crippen LogP contribution in [0.1, 0.15) is 156 Å². The normalized spacial score (nSPS) is 13.4. The Hall–Kier alpha value is 0.250. The number of halogens is 1. The number of hydrogen-bond acceptors (Lipinski definition) is 1. The highest BCUT2D eigenvalue weighted by Gasteiger charge is 2.20. The van der Waals surface area contributed by atoms with Crippen molar-refractivity contribution in [2.45, 2.75) is 162 Å².